The second kappa shape index (κ2) is 5.09. The molecule has 0 amide bonds. The molecule has 0 bridgehead atoms. The van der Waals surface area contributed by atoms with Crippen LogP contribution in [0.15, 0.2) is 18.2 Å². The predicted octanol–water partition coefficient (Wildman–Crippen LogP) is 2.32. The molecule has 1 aromatic heterocycles. The zero-order valence-corrected chi connectivity index (χ0v) is 10.8. The van der Waals surface area contributed by atoms with Crippen LogP contribution >= 0.6 is 0 Å². The van der Waals surface area contributed by atoms with Crippen LogP contribution in [0.25, 0.3) is 11.3 Å². The van der Waals surface area contributed by atoms with Crippen molar-refractivity contribution in [3.05, 3.63) is 35.5 Å². The van der Waals surface area contributed by atoms with E-state index in [0.717, 1.165) is 0 Å². The van der Waals surface area contributed by atoms with Gasteiger partial charge in [0.25, 0.3) is 0 Å². The van der Waals surface area contributed by atoms with Crippen LogP contribution in [0.2, 0.25) is 0 Å². The van der Waals surface area contributed by atoms with Crippen LogP contribution in [0.5, 0.6) is 5.75 Å². The fraction of sp³-hybridized carbons (Fsp3) is 0.231. The number of carbonyl (C=O) groups is 1. The highest BCUT2D eigenvalue weighted by Gasteiger charge is 2.18. The van der Waals surface area contributed by atoms with Gasteiger partial charge >= 0.3 is 5.97 Å². The SMILES string of the molecule is COC(=O)c1nc(-c2cc(F)ccc2OC)c(C)[nH]1. The Morgan fingerprint density at radius 1 is 1.37 bits per heavy atom. The summed E-state index contributed by atoms with van der Waals surface area (Å²) >= 11 is 0. The summed E-state index contributed by atoms with van der Waals surface area (Å²) in [5, 5.41) is 0. The molecule has 0 fully saturated rings. The maximum absolute atomic E-state index is 13.3. The number of ether oxygens (including phenoxy) is 2. The van der Waals surface area contributed by atoms with Crippen LogP contribution in [0.3, 0.4) is 0 Å². The molecule has 0 aliphatic carbocycles. The number of H-pyrrole nitrogens is 1. The standard InChI is InChI=1S/C13H13FN2O3/c1-7-11(16-12(15-7)13(17)19-3)9-6-8(14)4-5-10(9)18-2/h4-6H,1-3H3,(H,15,16). The van der Waals surface area contributed by atoms with Gasteiger partial charge in [0.1, 0.15) is 11.6 Å². The molecule has 1 heterocycles. The number of hydrogen-bond acceptors (Lipinski definition) is 4. The van der Waals surface area contributed by atoms with Crippen LogP contribution in [0, 0.1) is 12.7 Å². The summed E-state index contributed by atoms with van der Waals surface area (Å²) in [6.07, 6.45) is 0. The van der Waals surface area contributed by atoms with E-state index >= 15 is 0 Å². The monoisotopic (exact) mass is 264 g/mol. The molecule has 2 aromatic rings. The van der Waals surface area contributed by atoms with Gasteiger partial charge in [0, 0.05) is 11.3 Å². The molecule has 0 saturated heterocycles. The lowest BCUT2D eigenvalue weighted by Gasteiger charge is -2.06. The maximum Gasteiger partial charge on any atom is 0.374 e. The molecule has 0 spiro atoms. The molecule has 19 heavy (non-hydrogen) atoms. The molecule has 0 radical (unpaired) electrons. The molecular formula is C13H13FN2O3. The topological polar surface area (TPSA) is 64.2 Å². The molecule has 0 unspecified atom stereocenters. The second-order valence-electron chi connectivity index (χ2n) is 3.90. The number of esters is 1. The predicted molar refractivity (Wildman–Crippen MR) is 66.6 cm³/mol. The molecule has 0 aliphatic rings. The number of benzene rings is 1. The van der Waals surface area contributed by atoms with Crippen molar-refractivity contribution in [1.29, 1.82) is 0 Å². The minimum Gasteiger partial charge on any atom is -0.496 e. The minimum absolute atomic E-state index is 0.0707. The molecule has 0 aliphatic heterocycles. The van der Waals surface area contributed by atoms with Gasteiger partial charge in [-0.3, -0.25) is 0 Å². The molecule has 1 N–H and O–H groups in total. The number of halogens is 1. The Balaban J connectivity index is 2.55. The summed E-state index contributed by atoms with van der Waals surface area (Å²) in [6, 6.07) is 4.12. The van der Waals surface area contributed by atoms with E-state index in [1.165, 1.54) is 32.4 Å². The van der Waals surface area contributed by atoms with E-state index in [0.29, 0.717) is 22.7 Å². The number of hydrogen-bond donors (Lipinski definition) is 1. The lowest BCUT2D eigenvalue weighted by molar-refractivity contribution is 0.0588. The average molecular weight is 264 g/mol. The van der Waals surface area contributed by atoms with Crippen LogP contribution < -0.4 is 4.74 Å². The molecule has 100 valence electrons. The summed E-state index contributed by atoms with van der Waals surface area (Å²) in [5.41, 5.74) is 1.56. The van der Waals surface area contributed by atoms with E-state index in [-0.39, 0.29) is 5.82 Å². The zero-order chi connectivity index (χ0) is 14.0. The highest BCUT2D eigenvalue weighted by Crippen LogP contribution is 2.31. The van der Waals surface area contributed by atoms with E-state index in [1.807, 2.05) is 0 Å². The van der Waals surface area contributed by atoms with Crippen molar-refractivity contribution in [2.75, 3.05) is 14.2 Å². The number of imidazole rings is 1. The van der Waals surface area contributed by atoms with E-state index in [9.17, 15) is 9.18 Å². The van der Waals surface area contributed by atoms with Gasteiger partial charge in [0.05, 0.1) is 19.9 Å². The first kappa shape index (κ1) is 13.1. The maximum atomic E-state index is 13.3. The molecule has 6 heteroatoms. The van der Waals surface area contributed by atoms with E-state index < -0.39 is 11.8 Å². The first-order chi connectivity index (χ1) is 9.06. The molecule has 0 atom stereocenters. The summed E-state index contributed by atoms with van der Waals surface area (Å²) in [6.45, 7) is 1.74. The number of nitrogens with zero attached hydrogens (tertiary/aromatic N) is 1. The van der Waals surface area contributed by atoms with Gasteiger partial charge in [-0.1, -0.05) is 0 Å². The third-order valence-electron chi connectivity index (χ3n) is 2.68. The summed E-state index contributed by atoms with van der Waals surface area (Å²) in [4.78, 5) is 18.3. The number of carbonyl (C=O) groups excluding carboxylic acids is 1. The minimum atomic E-state index is -0.579. The van der Waals surface area contributed by atoms with Crippen molar-refractivity contribution in [3.8, 4) is 17.0 Å². The Morgan fingerprint density at radius 3 is 2.74 bits per heavy atom. The summed E-state index contributed by atoms with van der Waals surface area (Å²) in [7, 11) is 2.75. The van der Waals surface area contributed by atoms with Gasteiger partial charge in [0.15, 0.2) is 0 Å². The van der Waals surface area contributed by atoms with Gasteiger partial charge in [-0.15, -0.1) is 0 Å². The fourth-order valence-corrected chi connectivity index (χ4v) is 1.78. The van der Waals surface area contributed by atoms with Crippen LogP contribution in [-0.4, -0.2) is 30.2 Å². The van der Waals surface area contributed by atoms with Crippen molar-refractivity contribution >= 4 is 5.97 Å². The van der Waals surface area contributed by atoms with E-state index in [1.54, 1.807) is 6.92 Å². The fourth-order valence-electron chi connectivity index (χ4n) is 1.78. The van der Waals surface area contributed by atoms with Crippen molar-refractivity contribution in [1.82, 2.24) is 9.97 Å². The Bertz CT molecular complexity index is 622. The van der Waals surface area contributed by atoms with Gasteiger partial charge < -0.3 is 14.5 Å². The third kappa shape index (κ3) is 2.42. The summed E-state index contributed by atoms with van der Waals surface area (Å²) in [5.74, 6) is -0.434. The number of rotatable bonds is 3. The van der Waals surface area contributed by atoms with Crippen molar-refractivity contribution in [2.24, 2.45) is 0 Å². The normalized spacial score (nSPS) is 10.3. The number of methoxy groups -OCH3 is 2. The lowest BCUT2D eigenvalue weighted by atomic mass is 10.1. The number of aromatic amines is 1. The number of nitrogens with one attached hydrogen (secondary N) is 1. The molecule has 5 nitrogen and oxygen atoms in total. The number of aromatic nitrogens is 2. The zero-order valence-electron chi connectivity index (χ0n) is 10.8. The highest BCUT2D eigenvalue weighted by atomic mass is 19.1. The quantitative estimate of drug-likeness (QED) is 0.864. The average Bonchev–Trinajstić information content (AvgIpc) is 2.79. The van der Waals surface area contributed by atoms with Gasteiger partial charge in [0.2, 0.25) is 5.82 Å². The van der Waals surface area contributed by atoms with Gasteiger partial charge in [-0.2, -0.15) is 0 Å². The van der Waals surface area contributed by atoms with Gasteiger partial charge in [-0.05, 0) is 25.1 Å². The van der Waals surface area contributed by atoms with E-state index in [4.69, 9.17) is 4.74 Å². The van der Waals surface area contributed by atoms with Crippen molar-refractivity contribution in [2.45, 2.75) is 6.92 Å². The highest BCUT2D eigenvalue weighted by molar-refractivity contribution is 5.87. The summed E-state index contributed by atoms with van der Waals surface area (Å²) < 4.78 is 23.1. The van der Waals surface area contributed by atoms with Crippen LogP contribution in [0.4, 0.5) is 4.39 Å². The van der Waals surface area contributed by atoms with Crippen LogP contribution in [-0.2, 0) is 4.74 Å². The third-order valence-corrected chi connectivity index (χ3v) is 2.68. The molecule has 1 aromatic carbocycles. The Hall–Kier alpha value is -2.37. The number of aryl methyl sites for hydroxylation is 1. The smallest absolute Gasteiger partial charge is 0.374 e. The van der Waals surface area contributed by atoms with Crippen LogP contribution in [0.1, 0.15) is 16.3 Å². The largest absolute Gasteiger partial charge is 0.496 e. The lowest BCUT2D eigenvalue weighted by Crippen LogP contribution is -2.03. The van der Waals surface area contributed by atoms with E-state index in [2.05, 4.69) is 14.7 Å². The Kier molecular flexibility index (Phi) is 3.50. The molecule has 2 rings (SSSR count). The Labute approximate surface area is 109 Å². The first-order valence-corrected chi connectivity index (χ1v) is 5.55. The van der Waals surface area contributed by atoms with Crippen molar-refractivity contribution < 1.29 is 18.7 Å². The first-order valence-electron chi connectivity index (χ1n) is 5.55. The second-order valence-corrected chi connectivity index (χ2v) is 3.90. The molecular weight excluding hydrogens is 251 g/mol. The van der Waals surface area contributed by atoms with Gasteiger partial charge in [-0.25, -0.2) is 14.2 Å². The van der Waals surface area contributed by atoms with Crippen molar-refractivity contribution in [3.63, 3.8) is 0 Å². The Morgan fingerprint density at radius 2 is 2.11 bits per heavy atom. The molecule has 0 saturated carbocycles.